The van der Waals surface area contributed by atoms with Crippen LogP contribution < -0.4 is 5.32 Å². The van der Waals surface area contributed by atoms with Crippen LogP contribution in [0.4, 0.5) is 4.39 Å². The number of hydrogen-bond donors (Lipinski definition) is 2. The minimum absolute atomic E-state index is 0.199. The fourth-order valence-electron chi connectivity index (χ4n) is 2.46. The van der Waals surface area contributed by atoms with Crippen molar-refractivity contribution < 1.29 is 14.3 Å². The fourth-order valence-corrected chi connectivity index (χ4v) is 2.46. The van der Waals surface area contributed by atoms with Gasteiger partial charge in [0.25, 0.3) is 0 Å². The third kappa shape index (κ3) is 4.17. The number of aliphatic hydroxyl groups excluding tert-OH is 1. The van der Waals surface area contributed by atoms with Gasteiger partial charge >= 0.3 is 0 Å². The van der Waals surface area contributed by atoms with Gasteiger partial charge in [-0.15, -0.1) is 0 Å². The number of hydrogen-bond acceptors (Lipinski definition) is 2. The number of nitrogens with one attached hydrogen (secondary N) is 1. The average Bonchev–Trinajstić information content (AvgIpc) is 2.63. The molecule has 2 unspecified atom stereocenters. The van der Waals surface area contributed by atoms with Gasteiger partial charge in [-0.1, -0.05) is 37.5 Å². The summed E-state index contributed by atoms with van der Waals surface area (Å²) in [5.74, 6) is -0.648. The van der Waals surface area contributed by atoms with Gasteiger partial charge in [0.1, 0.15) is 5.82 Å². The molecule has 1 fully saturated rings. The van der Waals surface area contributed by atoms with Crippen LogP contribution in [0.15, 0.2) is 30.3 Å². The van der Waals surface area contributed by atoms with Crippen LogP contribution in [-0.2, 0) is 4.79 Å². The van der Waals surface area contributed by atoms with Crippen LogP contribution in [0.3, 0.4) is 0 Å². The van der Waals surface area contributed by atoms with Gasteiger partial charge in [-0.05, 0) is 25.0 Å². The van der Waals surface area contributed by atoms with E-state index in [1.165, 1.54) is 18.2 Å². The molecule has 2 N–H and O–H groups in total. The maximum Gasteiger partial charge on any atom is 0.244 e. The quantitative estimate of drug-likeness (QED) is 0.659. The van der Waals surface area contributed by atoms with Crippen molar-refractivity contribution in [3.05, 3.63) is 41.7 Å². The molecule has 0 bridgehead atoms. The maximum absolute atomic E-state index is 13.4. The Morgan fingerprint density at radius 2 is 2.00 bits per heavy atom. The molecule has 3 nitrogen and oxygen atoms in total. The van der Waals surface area contributed by atoms with Gasteiger partial charge in [-0.25, -0.2) is 4.39 Å². The van der Waals surface area contributed by atoms with Crippen molar-refractivity contribution in [2.75, 3.05) is 0 Å². The van der Waals surface area contributed by atoms with Gasteiger partial charge < -0.3 is 10.4 Å². The summed E-state index contributed by atoms with van der Waals surface area (Å²) in [6.07, 6.45) is 6.90. The largest absolute Gasteiger partial charge is 0.391 e. The second kappa shape index (κ2) is 7.20. The van der Waals surface area contributed by atoms with Crippen molar-refractivity contribution >= 4 is 12.0 Å². The van der Waals surface area contributed by atoms with Crippen molar-refractivity contribution in [2.24, 2.45) is 0 Å². The van der Waals surface area contributed by atoms with E-state index in [4.69, 9.17) is 0 Å². The zero-order chi connectivity index (χ0) is 14.4. The van der Waals surface area contributed by atoms with E-state index in [0.29, 0.717) is 5.56 Å². The molecule has 108 valence electrons. The van der Waals surface area contributed by atoms with Gasteiger partial charge in [0.15, 0.2) is 0 Å². The number of carbonyl (C=O) groups excluding carboxylic acids is 1. The lowest BCUT2D eigenvalue weighted by Gasteiger charge is -2.20. The van der Waals surface area contributed by atoms with Crippen molar-refractivity contribution in [1.29, 1.82) is 0 Å². The summed E-state index contributed by atoms with van der Waals surface area (Å²) in [5.41, 5.74) is 0.379. The normalized spacial score (nSPS) is 23.5. The smallest absolute Gasteiger partial charge is 0.244 e. The number of amides is 1. The first kappa shape index (κ1) is 14.7. The van der Waals surface area contributed by atoms with Gasteiger partial charge in [0.05, 0.1) is 12.1 Å². The molecular weight excluding hydrogens is 257 g/mol. The van der Waals surface area contributed by atoms with Crippen molar-refractivity contribution in [3.63, 3.8) is 0 Å². The highest BCUT2D eigenvalue weighted by Gasteiger charge is 2.22. The van der Waals surface area contributed by atoms with Gasteiger partial charge in [0, 0.05) is 11.6 Å². The highest BCUT2D eigenvalue weighted by molar-refractivity contribution is 5.91. The molecule has 2 rings (SSSR count). The second-order valence-corrected chi connectivity index (χ2v) is 5.18. The Bertz CT molecular complexity index is 487. The SMILES string of the molecule is O=C(/C=C/c1ccccc1F)NC1CCCCCC1O. The van der Waals surface area contributed by atoms with E-state index in [1.54, 1.807) is 18.2 Å². The monoisotopic (exact) mass is 277 g/mol. The fraction of sp³-hybridized carbons (Fsp3) is 0.438. The Balaban J connectivity index is 1.93. The van der Waals surface area contributed by atoms with Crippen LogP contribution >= 0.6 is 0 Å². The van der Waals surface area contributed by atoms with Crippen molar-refractivity contribution in [3.8, 4) is 0 Å². The standard InChI is InChI=1S/C16H20FNO2/c17-13-7-5-4-6-12(13)10-11-16(20)18-14-8-2-1-3-9-15(14)19/h4-7,10-11,14-15,19H,1-3,8-9H2,(H,18,20)/b11-10+. The molecule has 4 heteroatoms. The molecule has 0 aliphatic heterocycles. The molecule has 1 aliphatic rings. The summed E-state index contributed by atoms with van der Waals surface area (Å²) in [6.45, 7) is 0. The molecule has 1 saturated carbocycles. The first-order chi connectivity index (χ1) is 9.66. The van der Waals surface area contributed by atoms with Crippen LogP contribution in [0.25, 0.3) is 6.08 Å². The third-order valence-corrected chi connectivity index (χ3v) is 3.63. The summed E-state index contributed by atoms with van der Waals surface area (Å²) in [4.78, 5) is 11.8. The lowest BCUT2D eigenvalue weighted by molar-refractivity contribution is -0.118. The first-order valence-corrected chi connectivity index (χ1v) is 7.08. The minimum atomic E-state index is -0.483. The van der Waals surface area contributed by atoms with E-state index in [0.717, 1.165) is 32.1 Å². The molecule has 0 aromatic heterocycles. The summed E-state index contributed by atoms with van der Waals surface area (Å²) >= 11 is 0. The van der Waals surface area contributed by atoms with Crippen molar-refractivity contribution in [2.45, 2.75) is 44.2 Å². The number of aliphatic hydroxyl groups is 1. The molecule has 20 heavy (non-hydrogen) atoms. The topological polar surface area (TPSA) is 49.3 Å². The molecule has 1 amide bonds. The number of benzene rings is 1. The Labute approximate surface area is 118 Å². The molecular formula is C16H20FNO2. The Hall–Kier alpha value is -1.68. The van der Waals surface area contributed by atoms with E-state index >= 15 is 0 Å². The summed E-state index contributed by atoms with van der Waals surface area (Å²) < 4.78 is 13.4. The molecule has 0 heterocycles. The summed E-state index contributed by atoms with van der Waals surface area (Å²) in [6, 6.07) is 6.09. The van der Waals surface area contributed by atoms with E-state index < -0.39 is 6.10 Å². The van der Waals surface area contributed by atoms with E-state index in [2.05, 4.69) is 5.32 Å². The molecule has 1 aromatic carbocycles. The number of rotatable bonds is 3. The van der Waals surface area contributed by atoms with E-state index in [1.807, 2.05) is 0 Å². The molecule has 0 spiro atoms. The first-order valence-electron chi connectivity index (χ1n) is 7.08. The number of halogens is 1. The van der Waals surface area contributed by atoms with Crippen LogP contribution in [0.1, 0.15) is 37.7 Å². The van der Waals surface area contributed by atoms with Crippen LogP contribution in [0.5, 0.6) is 0 Å². The molecule has 0 radical (unpaired) electrons. The zero-order valence-corrected chi connectivity index (χ0v) is 11.4. The lowest BCUT2D eigenvalue weighted by atomic mass is 10.1. The molecule has 2 atom stereocenters. The molecule has 1 aliphatic carbocycles. The molecule has 0 saturated heterocycles. The van der Waals surface area contributed by atoms with Crippen LogP contribution in [0.2, 0.25) is 0 Å². The number of carbonyl (C=O) groups is 1. The molecule has 1 aromatic rings. The Morgan fingerprint density at radius 1 is 1.25 bits per heavy atom. The van der Waals surface area contributed by atoms with Gasteiger partial charge in [-0.3, -0.25) is 4.79 Å². The highest BCUT2D eigenvalue weighted by atomic mass is 19.1. The maximum atomic E-state index is 13.4. The van der Waals surface area contributed by atoms with E-state index in [-0.39, 0.29) is 17.8 Å². The summed E-state index contributed by atoms with van der Waals surface area (Å²) in [7, 11) is 0. The third-order valence-electron chi connectivity index (χ3n) is 3.63. The zero-order valence-electron chi connectivity index (χ0n) is 11.4. The van der Waals surface area contributed by atoms with Crippen LogP contribution in [-0.4, -0.2) is 23.2 Å². The lowest BCUT2D eigenvalue weighted by Crippen LogP contribution is -2.41. The van der Waals surface area contributed by atoms with Crippen molar-refractivity contribution in [1.82, 2.24) is 5.32 Å². The average molecular weight is 277 g/mol. The Morgan fingerprint density at radius 3 is 2.80 bits per heavy atom. The predicted octanol–water partition coefficient (Wildman–Crippen LogP) is 2.65. The second-order valence-electron chi connectivity index (χ2n) is 5.18. The minimum Gasteiger partial charge on any atom is -0.391 e. The van der Waals surface area contributed by atoms with Gasteiger partial charge in [-0.2, -0.15) is 0 Å². The predicted molar refractivity (Wildman–Crippen MR) is 76.5 cm³/mol. The highest BCUT2D eigenvalue weighted by Crippen LogP contribution is 2.18. The summed E-state index contributed by atoms with van der Waals surface area (Å²) in [5, 5.41) is 12.7. The van der Waals surface area contributed by atoms with Gasteiger partial charge in [0.2, 0.25) is 5.91 Å². The Kier molecular flexibility index (Phi) is 5.30. The van der Waals surface area contributed by atoms with Crippen LogP contribution in [0, 0.1) is 5.82 Å². The van der Waals surface area contributed by atoms with E-state index in [9.17, 15) is 14.3 Å².